The molecule has 0 atom stereocenters. The molecule has 1 aromatic heterocycles. The summed E-state index contributed by atoms with van der Waals surface area (Å²) in [5.74, 6) is -1.64. The molecular formula is C21H20ClN3O5S. The van der Waals surface area contributed by atoms with Crippen molar-refractivity contribution in [3.8, 4) is 5.75 Å². The number of phenols is 1. The van der Waals surface area contributed by atoms with Crippen LogP contribution in [0.5, 0.6) is 5.75 Å². The zero-order chi connectivity index (χ0) is 22.3. The Bertz CT molecular complexity index is 1310. The molecule has 1 aliphatic carbocycles. The summed E-state index contributed by atoms with van der Waals surface area (Å²) in [6.07, 6.45) is 1.49. The Kier molecular flexibility index (Phi) is 5.40. The number of benzene rings is 2. The summed E-state index contributed by atoms with van der Waals surface area (Å²) < 4.78 is 24.9. The zero-order valence-corrected chi connectivity index (χ0v) is 18.1. The number of halogens is 1. The standard InChI is InChI=1S/C21H20ClN3O5S/c1-2-31(29,30)14-9-16(24-20(27)11-3-4-11)19(26)17(10-14)25-21(28)18-8-12-7-13(22)5-6-15(12)23-18/h5-11,23,26H,2-4H2,1H3,(H,24,27)(H,25,28). The van der Waals surface area contributed by atoms with E-state index in [-0.39, 0.29) is 39.5 Å². The van der Waals surface area contributed by atoms with Crippen molar-refractivity contribution in [3.63, 3.8) is 0 Å². The molecule has 4 N–H and O–H groups in total. The molecule has 0 radical (unpaired) electrons. The summed E-state index contributed by atoms with van der Waals surface area (Å²) in [5, 5.41) is 17.0. The molecule has 162 valence electrons. The molecule has 0 unspecified atom stereocenters. The van der Waals surface area contributed by atoms with Crippen LogP contribution in [0.1, 0.15) is 30.3 Å². The van der Waals surface area contributed by atoms with Crippen LogP contribution in [0.25, 0.3) is 10.9 Å². The van der Waals surface area contributed by atoms with Gasteiger partial charge in [0, 0.05) is 21.8 Å². The second-order valence-corrected chi connectivity index (χ2v) is 10.1. The highest BCUT2D eigenvalue weighted by atomic mass is 35.5. The van der Waals surface area contributed by atoms with E-state index in [1.54, 1.807) is 24.3 Å². The number of carbonyl (C=O) groups excluding carboxylic acids is 2. The van der Waals surface area contributed by atoms with Crippen molar-refractivity contribution in [2.75, 3.05) is 16.4 Å². The van der Waals surface area contributed by atoms with Crippen molar-refractivity contribution in [2.24, 2.45) is 5.92 Å². The van der Waals surface area contributed by atoms with Gasteiger partial charge < -0.3 is 20.7 Å². The van der Waals surface area contributed by atoms with Crippen LogP contribution in [-0.2, 0) is 14.6 Å². The Morgan fingerprint density at radius 3 is 2.45 bits per heavy atom. The highest BCUT2D eigenvalue weighted by Crippen LogP contribution is 2.38. The van der Waals surface area contributed by atoms with Gasteiger partial charge in [0.15, 0.2) is 15.6 Å². The minimum absolute atomic E-state index is 0.0647. The van der Waals surface area contributed by atoms with Crippen molar-refractivity contribution in [3.05, 3.63) is 47.1 Å². The molecule has 4 rings (SSSR count). The van der Waals surface area contributed by atoms with Gasteiger partial charge in [-0.1, -0.05) is 18.5 Å². The maximum Gasteiger partial charge on any atom is 0.272 e. The predicted molar refractivity (Wildman–Crippen MR) is 118 cm³/mol. The van der Waals surface area contributed by atoms with Crippen molar-refractivity contribution in [1.82, 2.24) is 4.98 Å². The highest BCUT2D eigenvalue weighted by Gasteiger charge is 2.31. The third kappa shape index (κ3) is 4.38. The number of aromatic amines is 1. The van der Waals surface area contributed by atoms with E-state index in [2.05, 4.69) is 15.6 Å². The molecule has 0 saturated heterocycles. The number of fused-ring (bicyclic) bond motifs is 1. The second kappa shape index (κ2) is 7.90. The van der Waals surface area contributed by atoms with Crippen LogP contribution in [0.15, 0.2) is 41.3 Å². The lowest BCUT2D eigenvalue weighted by Crippen LogP contribution is -2.17. The number of aromatic hydroxyl groups is 1. The van der Waals surface area contributed by atoms with Crippen LogP contribution >= 0.6 is 11.6 Å². The topological polar surface area (TPSA) is 128 Å². The summed E-state index contributed by atoms with van der Waals surface area (Å²) in [6.45, 7) is 1.48. The van der Waals surface area contributed by atoms with E-state index in [4.69, 9.17) is 11.6 Å². The first-order chi connectivity index (χ1) is 14.7. The molecule has 31 heavy (non-hydrogen) atoms. The quantitative estimate of drug-likeness (QED) is 0.413. The Labute approximate surface area is 183 Å². The first-order valence-electron chi connectivity index (χ1n) is 9.68. The van der Waals surface area contributed by atoms with Gasteiger partial charge in [0.05, 0.1) is 22.0 Å². The van der Waals surface area contributed by atoms with E-state index in [0.717, 1.165) is 18.2 Å². The van der Waals surface area contributed by atoms with E-state index in [0.29, 0.717) is 10.5 Å². The number of hydrogen-bond donors (Lipinski definition) is 4. The molecule has 0 spiro atoms. The van der Waals surface area contributed by atoms with Gasteiger partial charge in [-0.05, 0) is 49.2 Å². The Morgan fingerprint density at radius 2 is 1.81 bits per heavy atom. The number of nitrogens with one attached hydrogen (secondary N) is 3. The zero-order valence-electron chi connectivity index (χ0n) is 16.5. The number of phenolic OH excluding ortho intramolecular Hbond substituents is 1. The monoisotopic (exact) mass is 461 g/mol. The summed E-state index contributed by atoms with van der Waals surface area (Å²) in [5.41, 5.74) is 0.704. The Morgan fingerprint density at radius 1 is 1.13 bits per heavy atom. The number of rotatable bonds is 6. The molecule has 1 heterocycles. The van der Waals surface area contributed by atoms with Gasteiger partial charge in [0.25, 0.3) is 5.91 Å². The average Bonchev–Trinajstić information content (AvgIpc) is 3.50. The molecular weight excluding hydrogens is 442 g/mol. The van der Waals surface area contributed by atoms with Crippen LogP contribution in [0.2, 0.25) is 5.02 Å². The SMILES string of the molecule is CCS(=O)(=O)c1cc(NC(=O)c2cc3cc(Cl)ccc3[nH]2)c(O)c(NC(=O)C2CC2)c1. The molecule has 2 aromatic carbocycles. The smallest absolute Gasteiger partial charge is 0.272 e. The van der Waals surface area contributed by atoms with Gasteiger partial charge in [-0.2, -0.15) is 0 Å². The van der Waals surface area contributed by atoms with Gasteiger partial charge in [0.2, 0.25) is 5.91 Å². The van der Waals surface area contributed by atoms with Crippen LogP contribution in [0, 0.1) is 5.92 Å². The molecule has 3 aromatic rings. The number of anilines is 2. The summed E-state index contributed by atoms with van der Waals surface area (Å²) in [6, 6.07) is 9.08. The Balaban J connectivity index is 1.70. The lowest BCUT2D eigenvalue weighted by molar-refractivity contribution is -0.117. The molecule has 8 nitrogen and oxygen atoms in total. The van der Waals surface area contributed by atoms with E-state index >= 15 is 0 Å². The Hall–Kier alpha value is -3.04. The summed E-state index contributed by atoms with van der Waals surface area (Å²) in [4.78, 5) is 27.8. The molecule has 0 bridgehead atoms. The van der Waals surface area contributed by atoms with E-state index in [1.807, 2.05) is 0 Å². The number of amides is 2. The van der Waals surface area contributed by atoms with Crippen LogP contribution in [-0.4, -0.2) is 36.1 Å². The van der Waals surface area contributed by atoms with E-state index < -0.39 is 21.5 Å². The summed E-state index contributed by atoms with van der Waals surface area (Å²) >= 11 is 5.98. The van der Waals surface area contributed by atoms with Crippen molar-refractivity contribution < 1.29 is 23.1 Å². The third-order valence-corrected chi connectivity index (χ3v) is 7.05. The predicted octanol–water partition coefficient (Wildman–Crippen LogP) is 3.92. The van der Waals surface area contributed by atoms with E-state index in [1.165, 1.54) is 19.1 Å². The average molecular weight is 462 g/mol. The molecule has 1 fully saturated rings. The molecule has 1 saturated carbocycles. The van der Waals surface area contributed by atoms with Crippen LogP contribution in [0.4, 0.5) is 11.4 Å². The highest BCUT2D eigenvalue weighted by molar-refractivity contribution is 7.91. The third-order valence-electron chi connectivity index (χ3n) is 5.10. The second-order valence-electron chi connectivity index (χ2n) is 7.40. The van der Waals surface area contributed by atoms with Gasteiger partial charge in [-0.25, -0.2) is 8.42 Å². The molecule has 10 heteroatoms. The normalized spacial score (nSPS) is 13.9. The maximum atomic E-state index is 12.8. The number of aromatic nitrogens is 1. The van der Waals surface area contributed by atoms with Crippen molar-refractivity contribution in [2.45, 2.75) is 24.7 Å². The number of H-pyrrole nitrogens is 1. The first-order valence-corrected chi connectivity index (χ1v) is 11.7. The van der Waals surface area contributed by atoms with Crippen molar-refractivity contribution >= 4 is 55.5 Å². The fourth-order valence-corrected chi connectivity index (χ4v) is 4.25. The number of sulfone groups is 1. The van der Waals surface area contributed by atoms with E-state index in [9.17, 15) is 23.1 Å². The minimum atomic E-state index is -3.66. The number of hydrogen-bond acceptors (Lipinski definition) is 5. The molecule has 2 amide bonds. The summed E-state index contributed by atoms with van der Waals surface area (Å²) in [7, 11) is -3.66. The lowest BCUT2D eigenvalue weighted by atomic mass is 10.2. The lowest BCUT2D eigenvalue weighted by Gasteiger charge is -2.14. The molecule has 0 aliphatic heterocycles. The van der Waals surface area contributed by atoms with Crippen LogP contribution in [0.3, 0.4) is 0 Å². The molecule has 1 aliphatic rings. The van der Waals surface area contributed by atoms with Crippen molar-refractivity contribution in [1.29, 1.82) is 0 Å². The van der Waals surface area contributed by atoms with Crippen LogP contribution < -0.4 is 10.6 Å². The maximum absolute atomic E-state index is 12.8. The first kappa shape index (κ1) is 21.2. The largest absolute Gasteiger partial charge is 0.504 e. The van der Waals surface area contributed by atoms with Gasteiger partial charge in [-0.3, -0.25) is 9.59 Å². The van der Waals surface area contributed by atoms with Gasteiger partial charge in [0.1, 0.15) is 5.69 Å². The number of carbonyl (C=O) groups is 2. The fraction of sp³-hybridized carbons (Fsp3) is 0.238. The minimum Gasteiger partial charge on any atom is -0.504 e. The fourth-order valence-electron chi connectivity index (χ4n) is 3.14. The van der Waals surface area contributed by atoms with Gasteiger partial charge in [-0.15, -0.1) is 0 Å². The van der Waals surface area contributed by atoms with Gasteiger partial charge >= 0.3 is 0 Å².